The monoisotopic (exact) mass is 459 g/mol. The van der Waals surface area contributed by atoms with Gasteiger partial charge in [-0.2, -0.15) is 5.10 Å². The minimum absolute atomic E-state index is 0.0736. The molecule has 5 rings (SSSR count). The zero-order valence-electron chi connectivity index (χ0n) is 18.2. The van der Waals surface area contributed by atoms with Crippen LogP contribution in [0.2, 0.25) is 0 Å². The van der Waals surface area contributed by atoms with Crippen molar-refractivity contribution in [2.45, 2.75) is 0 Å². The number of nitrogens with one attached hydrogen (secondary N) is 1. The summed E-state index contributed by atoms with van der Waals surface area (Å²) in [5, 5.41) is 27.7. The van der Waals surface area contributed by atoms with E-state index in [4.69, 9.17) is 6.57 Å². The van der Waals surface area contributed by atoms with E-state index in [0.29, 0.717) is 22.3 Å². The Morgan fingerprint density at radius 2 is 1.77 bits per heavy atom. The maximum absolute atomic E-state index is 13.2. The lowest BCUT2D eigenvalue weighted by atomic mass is 10.0. The van der Waals surface area contributed by atoms with E-state index in [9.17, 15) is 9.90 Å². The zero-order chi connectivity index (χ0) is 24.2. The molecule has 3 aromatic carbocycles. The molecule has 168 valence electrons. The number of carbonyl (C=O) groups excluding carboxylic acids is 1. The summed E-state index contributed by atoms with van der Waals surface area (Å²) in [6.07, 6.45) is 2.97. The van der Waals surface area contributed by atoms with Crippen molar-refractivity contribution in [3.63, 3.8) is 0 Å². The molecular weight excluding hydrogens is 442 g/mol. The van der Waals surface area contributed by atoms with Crippen molar-refractivity contribution < 1.29 is 9.90 Å². The van der Waals surface area contributed by atoms with Crippen molar-refractivity contribution >= 4 is 39.6 Å². The van der Waals surface area contributed by atoms with Gasteiger partial charge in [-0.05, 0) is 41.1 Å². The van der Waals surface area contributed by atoms with Crippen LogP contribution in [0.3, 0.4) is 0 Å². The smallest absolute Gasteiger partial charge is 0.260 e. The molecule has 5 aromatic rings. The fourth-order valence-corrected chi connectivity index (χ4v) is 3.60. The molecule has 1 amide bonds. The molecule has 0 unspecified atom stereocenters. The van der Waals surface area contributed by atoms with Gasteiger partial charge in [-0.3, -0.25) is 4.79 Å². The van der Waals surface area contributed by atoms with E-state index in [1.54, 1.807) is 66.9 Å². The molecule has 0 aliphatic rings. The van der Waals surface area contributed by atoms with Gasteiger partial charge in [0.2, 0.25) is 0 Å². The predicted octanol–water partition coefficient (Wildman–Crippen LogP) is 6.34. The third kappa shape index (κ3) is 4.19. The summed E-state index contributed by atoms with van der Waals surface area (Å²) in [7, 11) is 0. The molecule has 0 atom stereocenters. The van der Waals surface area contributed by atoms with Crippen LogP contribution in [-0.2, 0) is 0 Å². The Balaban J connectivity index is 1.60. The number of para-hydroxylation sites is 1. The van der Waals surface area contributed by atoms with Gasteiger partial charge in [0.15, 0.2) is 17.4 Å². The molecule has 0 spiro atoms. The third-order valence-electron chi connectivity index (χ3n) is 5.22. The largest absolute Gasteiger partial charge is 0.505 e. The Labute approximate surface area is 199 Å². The van der Waals surface area contributed by atoms with Gasteiger partial charge >= 0.3 is 0 Å². The molecule has 0 bridgehead atoms. The number of phenols is 1. The number of fused-ring (bicyclic) bond motifs is 1. The number of rotatable bonds is 5. The molecule has 35 heavy (non-hydrogen) atoms. The van der Waals surface area contributed by atoms with Gasteiger partial charge in [-0.25, -0.2) is 14.5 Å². The van der Waals surface area contributed by atoms with Gasteiger partial charge in [-0.15, -0.1) is 10.2 Å². The van der Waals surface area contributed by atoms with E-state index in [1.165, 1.54) is 10.9 Å². The number of anilines is 1. The number of nitrogens with zero attached hydrogens (tertiary/aromatic N) is 6. The van der Waals surface area contributed by atoms with Gasteiger partial charge in [0.1, 0.15) is 5.69 Å². The number of hydrogen-bond acceptors (Lipinski definition) is 6. The third-order valence-corrected chi connectivity index (χ3v) is 5.22. The fourth-order valence-electron chi connectivity index (χ4n) is 3.60. The van der Waals surface area contributed by atoms with Crippen molar-refractivity contribution in [3.8, 4) is 11.6 Å². The molecule has 9 nitrogen and oxygen atoms in total. The number of carbonyl (C=O) groups is 1. The van der Waals surface area contributed by atoms with E-state index in [0.717, 1.165) is 0 Å². The number of aromatic nitrogens is 3. The van der Waals surface area contributed by atoms with Crippen LogP contribution in [0.15, 0.2) is 101 Å². The Morgan fingerprint density at radius 3 is 2.54 bits per heavy atom. The summed E-state index contributed by atoms with van der Waals surface area (Å²) >= 11 is 0. The summed E-state index contributed by atoms with van der Waals surface area (Å²) < 4.78 is 1.39. The average molecular weight is 459 g/mol. The molecule has 0 radical (unpaired) electrons. The lowest BCUT2D eigenvalue weighted by Gasteiger charge is -2.12. The highest BCUT2D eigenvalue weighted by atomic mass is 16.3. The highest BCUT2D eigenvalue weighted by Crippen LogP contribution is 2.39. The lowest BCUT2D eigenvalue weighted by molar-refractivity contribution is 0.102. The van der Waals surface area contributed by atoms with Crippen molar-refractivity contribution in [2.75, 3.05) is 5.32 Å². The van der Waals surface area contributed by atoms with E-state index in [-0.39, 0.29) is 28.5 Å². The second kappa shape index (κ2) is 9.25. The molecular formula is C26H17N7O2. The van der Waals surface area contributed by atoms with E-state index < -0.39 is 5.91 Å². The summed E-state index contributed by atoms with van der Waals surface area (Å²) in [5.74, 6) is -0.194. The van der Waals surface area contributed by atoms with Crippen molar-refractivity contribution in [2.24, 2.45) is 10.2 Å². The summed E-state index contributed by atoms with van der Waals surface area (Å²) in [6.45, 7) is 7.44. The second-order valence-corrected chi connectivity index (χ2v) is 7.43. The van der Waals surface area contributed by atoms with E-state index in [1.807, 2.05) is 18.2 Å². The summed E-state index contributed by atoms with van der Waals surface area (Å²) in [6, 6.07) is 23.0. The fraction of sp³-hybridized carbons (Fsp3) is 0. The van der Waals surface area contributed by atoms with E-state index in [2.05, 4.69) is 30.5 Å². The number of aromatic hydroxyl groups is 1. The van der Waals surface area contributed by atoms with Crippen molar-refractivity contribution in [1.29, 1.82) is 0 Å². The van der Waals surface area contributed by atoms with Gasteiger partial charge in [-0.1, -0.05) is 48.5 Å². The number of pyridine rings is 1. The highest BCUT2D eigenvalue weighted by Gasteiger charge is 2.20. The van der Waals surface area contributed by atoms with Crippen molar-refractivity contribution in [3.05, 3.63) is 108 Å². The normalized spacial score (nSPS) is 10.9. The van der Waals surface area contributed by atoms with Gasteiger partial charge in [0, 0.05) is 11.9 Å². The molecule has 0 aliphatic heterocycles. The Kier molecular flexibility index (Phi) is 5.68. The minimum atomic E-state index is -0.484. The quantitative estimate of drug-likeness (QED) is 0.236. The Hall–Kier alpha value is -5.36. The van der Waals surface area contributed by atoms with Crippen LogP contribution in [0.5, 0.6) is 5.75 Å². The average Bonchev–Trinajstić information content (AvgIpc) is 3.31. The van der Waals surface area contributed by atoms with Gasteiger partial charge in [0.25, 0.3) is 11.6 Å². The van der Waals surface area contributed by atoms with Gasteiger partial charge < -0.3 is 10.4 Å². The maximum Gasteiger partial charge on any atom is 0.260 e. The molecule has 0 saturated heterocycles. The van der Waals surface area contributed by atoms with Crippen LogP contribution >= 0.6 is 0 Å². The number of azo groups is 1. The molecule has 2 aromatic heterocycles. The molecule has 0 saturated carbocycles. The molecule has 0 aliphatic carbocycles. The molecule has 0 fully saturated rings. The highest BCUT2D eigenvalue weighted by molar-refractivity contribution is 6.16. The summed E-state index contributed by atoms with van der Waals surface area (Å²) in [4.78, 5) is 20.9. The van der Waals surface area contributed by atoms with Gasteiger partial charge in [0.05, 0.1) is 18.3 Å². The first-order valence-electron chi connectivity index (χ1n) is 10.6. The molecule has 2 N–H and O–H groups in total. The minimum Gasteiger partial charge on any atom is -0.505 e. The maximum atomic E-state index is 13.2. The molecule has 2 heterocycles. The number of phenolic OH excluding ortho intramolecular Hbond substituents is 1. The Morgan fingerprint density at radius 1 is 1.00 bits per heavy atom. The standard InChI is InChI=1S/C26H17N7O2/c1-27-21-16-29-33(22-13-7-8-14-28-22)25(21)32-31-20-15-17-9-5-6-12-19(17)23(24(20)34)26(35)30-18-10-3-2-4-11-18/h2-16,34H,(H,30,35). The Bertz CT molecular complexity index is 1600. The first-order valence-corrected chi connectivity index (χ1v) is 10.6. The first kappa shape index (κ1) is 21.5. The van der Waals surface area contributed by atoms with Crippen LogP contribution in [0.4, 0.5) is 22.9 Å². The predicted molar refractivity (Wildman–Crippen MR) is 132 cm³/mol. The SMILES string of the molecule is [C-]#[N+]c1cnn(-c2ccccn2)c1N=Nc1cc2ccccc2c(C(=O)Nc2ccccc2)c1O. The van der Waals surface area contributed by atoms with Crippen LogP contribution in [0.1, 0.15) is 10.4 Å². The second-order valence-electron chi connectivity index (χ2n) is 7.43. The van der Waals surface area contributed by atoms with Crippen LogP contribution in [0, 0.1) is 6.57 Å². The topological polar surface area (TPSA) is 109 Å². The van der Waals surface area contributed by atoms with Crippen LogP contribution < -0.4 is 5.32 Å². The molecule has 9 heteroatoms. The van der Waals surface area contributed by atoms with Crippen LogP contribution in [0.25, 0.3) is 21.4 Å². The van der Waals surface area contributed by atoms with Crippen LogP contribution in [-0.4, -0.2) is 25.8 Å². The number of benzene rings is 3. The van der Waals surface area contributed by atoms with E-state index >= 15 is 0 Å². The number of amides is 1. The lowest BCUT2D eigenvalue weighted by Crippen LogP contribution is -2.12. The summed E-state index contributed by atoms with van der Waals surface area (Å²) in [5.41, 5.74) is 0.909. The number of hydrogen-bond donors (Lipinski definition) is 2. The first-order chi connectivity index (χ1) is 17.2. The van der Waals surface area contributed by atoms with Crippen molar-refractivity contribution in [1.82, 2.24) is 14.8 Å². The zero-order valence-corrected chi connectivity index (χ0v) is 18.2.